The summed E-state index contributed by atoms with van der Waals surface area (Å²) in [5.74, 6) is 0.918. The summed E-state index contributed by atoms with van der Waals surface area (Å²) in [6.07, 6.45) is 2.09. The van der Waals surface area contributed by atoms with Crippen LogP contribution in [0.3, 0.4) is 0 Å². The number of ether oxygens (including phenoxy) is 1. The molecule has 0 aromatic heterocycles. The molecule has 0 aromatic rings. The first kappa shape index (κ1) is 13.3. The molecule has 0 bridgehead atoms. The zero-order chi connectivity index (χ0) is 12.7. The lowest BCUT2D eigenvalue weighted by Gasteiger charge is -2.20. The topological polar surface area (TPSA) is 26.3 Å². The van der Waals surface area contributed by atoms with Gasteiger partial charge in [-0.05, 0) is 29.6 Å². The van der Waals surface area contributed by atoms with Crippen LogP contribution < -0.4 is 0 Å². The highest BCUT2D eigenvalue weighted by atomic mass is 16.5. The Kier molecular flexibility index (Phi) is 3.24. The normalized spacial score (nSPS) is 28.8. The predicted molar refractivity (Wildman–Crippen MR) is 66.0 cm³/mol. The molecule has 92 valence electrons. The third-order valence-corrected chi connectivity index (χ3v) is 3.78. The van der Waals surface area contributed by atoms with E-state index in [4.69, 9.17) is 4.74 Å². The van der Waals surface area contributed by atoms with Gasteiger partial charge in [0.1, 0.15) is 0 Å². The Labute approximate surface area is 99.1 Å². The molecule has 0 radical (unpaired) electrons. The zero-order valence-electron chi connectivity index (χ0n) is 11.5. The molecule has 2 atom stereocenters. The molecule has 1 rings (SSSR count). The smallest absolute Gasteiger partial charge is 0.333 e. The highest BCUT2D eigenvalue weighted by molar-refractivity contribution is 5.87. The third kappa shape index (κ3) is 2.31. The molecule has 0 N–H and O–H groups in total. The number of allylic oxidation sites excluding steroid dienone is 1. The van der Waals surface area contributed by atoms with Crippen molar-refractivity contribution >= 4 is 5.97 Å². The van der Waals surface area contributed by atoms with E-state index in [1.807, 2.05) is 6.92 Å². The van der Waals surface area contributed by atoms with Gasteiger partial charge in [0.05, 0.1) is 7.11 Å². The van der Waals surface area contributed by atoms with E-state index >= 15 is 0 Å². The summed E-state index contributed by atoms with van der Waals surface area (Å²) in [5.41, 5.74) is 1.32. The molecule has 2 nitrogen and oxygen atoms in total. The summed E-state index contributed by atoms with van der Waals surface area (Å²) in [4.78, 5) is 11.4. The molecule has 2 unspecified atom stereocenters. The number of rotatable bonds is 2. The van der Waals surface area contributed by atoms with Crippen LogP contribution in [-0.2, 0) is 9.53 Å². The molecule has 1 fully saturated rings. The van der Waals surface area contributed by atoms with Crippen LogP contribution in [-0.4, -0.2) is 13.1 Å². The molecule has 1 saturated carbocycles. The summed E-state index contributed by atoms with van der Waals surface area (Å²) in [6.45, 7) is 13.2. The van der Waals surface area contributed by atoms with Crippen LogP contribution >= 0.6 is 0 Å². The quantitative estimate of drug-likeness (QED) is 0.530. The van der Waals surface area contributed by atoms with E-state index in [0.29, 0.717) is 22.7 Å². The van der Waals surface area contributed by atoms with Crippen LogP contribution in [0.15, 0.2) is 11.6 Å². The van der Waals surface area contributed by atoms with E-state index < -0.39 is 0 Å². The number of carbonyl (C=O) groups excluding carboxylic acids is 1. The van der Waals surface area contributed by atoms with E-state index in [-0.39, 0.29) is 5.97 Å². The van der Waals surface area contributed by atoms with Gasteiger partial charge in [0.25, 0.3) is 0 Å². The van der Waals surface area contributed by atoms with Crippen LogP contribution in [0.5, 0.6) is 0 Å². The third-order valence-electron chi connectivity index (χ3n) is 3.78. The first-order valence-electron chi connectivity index (χ1n) is 5.89. The van der Waals surface area contributed by atoms with Crippen molar-refractivity contribution in [2.24, 2.45) is 22.7 Å². The van der Waals surface area contributed by atoms with Crippen molar-refractivity contribution in [2.75, 3.05) is 7.11 Å². The standard InChI is InChI=1S/C14H24O2/c1-9(12(15)16-7)8-10-11(13(2,3)4)14(10,5)6/h8,10-11H,1-7H3/b9-8+. The van der Waals surface area contributed by atoms with E-state index in [1.165, 1.54) is 7.11 Å². The van der Waals surface area contributed by atoms with E-state index in [2.05, 4.69) is 40.7 Å². The molecule has 0 spiro atoms. The van der Waals surface area contributed by atoms with Crippen LogP contribution in [0.25, 0.3) is 0 Å². The van der Waals surface area contributed by atoms with Gasteiger partial charge in [-0.2, -0.15) is 0 Å². The van der Waals surface area contributed by atoms with E-state index in [9.17, 15) is 4.79 Å². The predicted octanol–water partition coefficient (Wildman–Crippen LogP) is 3.42. The first-order chi connectivity index (χ1) is 7.12. The summed E-state index contributed by atoms with van der Waals surface area (Å²) in [6, 6.07) is 0. The lowest BCUT2D eigenvalue weighted by atomic mass is 9.85. The van der Waals surface area contributed by atoms with Gasteiger partial charge < -0.3 is 4.74 Å². The Morgan fingerprint density at radius 1 is 1.31 bits per heavy atom. The second-order valence-corrected chi connectivity index (χ2v) is 6.53. The second-order valence-electron chi connectivity index (χ2n) is 6.53. The SMILES string of the molecule is COC(=O)/C(C)=C/C1C(C(C)(C)C)C1(C)C. The molecule has 16 heavy (non-hydrogen) atoms. The minimum atomic E-state index is -0.213. The monoisotopic (exact) mass is 224 g/mol. The fourth-order valence-electron chi connectivity index (χ4n) is 3.14. The number of hydrogen-bond acceptors (Lipinski definition) is 2. The van der Waals surface area contributed by atoms with Gasteiger partial charge in [-0.15, -0.1) is 0 Å². The van der Waals surface area contributed by atoms with Crippen molar-refractivity contribution in [3.8, 4) is 0 Å². The largest absolute Gasteiger partial charge is 0.466 e. The van der Waals surface area contributed by atoms with Crippen molar-refractivity contribution in [1.82, 2.24) is 0 Å². The average molecular weight is 224 g/mol. The van der Waals surface area contributed by atoms with Crippen molar-refractivity contribution in [3.05, 3.63) is 11.6 Å². The van der Waals surface area contributed by atoms with Gasteiger partial charge in [-0.3, -0.25) is 0 Å². The summed E-state index contributed by atoms with van der Waals surface area (Å²) < 4.78 is 4.72. The molecule has 1 aliphatic carbocycles. The average Bonchev–Trinajstić information content (AvgIpc) is 2.66. The lowest BCUT2D eigenvalue weighted by molar-refractivity contribution is -0.136. The highest BCUT2D eigenvalue weighted by Gasteiger charge is 2.60. The second kappa shape index (κ2) is 3.90. The molecule has 2 heteroatoms. The molecular formula is C14H24O2. The summed E-state index contributed by atoms with van der Waals surface area (Å²) >= 11 is 0. The van der Waals surface area contributed by atoms with E-state index in [0.717, 1.165) is 5.57 Å². The fourth-order valence-corrected chi connectivity index (χ4v) is 3.14. The van der Waals surface area contributed by atoms with Crippen molar-refractivity contribution in [3.63, 3.8) is 0 Å². The van der Waals surface area contributed by atoms with Crippen LogP contribution in [0, 0.1) is 22.7 Å². The van der Waals surface area contributed by atoms with Gasteiger partial charge in [0.2, 0.25) is 0 Å². The van der Waals surface area contributed by atoms with E-state index in [1.54, 1.807) is 0 Å². The summed E-state index contributed by atoms with van der Waals surface area (Å²) in [7, 11) is 1.43. The van der Waals surface area contributed by atoms with Gasteiger partial charge in [-0.25, -0.2) is 4.79 Å². The maximum absolute atomic E-state index is 11.4. The first-order valence-corrected chi connectivity index (χ1v) is 5.89. The molecule has 1 aliphatic rings. The molecule has 0 aromatic carbocycles. The Balaban J connectivity index is 2.83. The van der Waals surface area contributed by atoms with Crippen molar-refractivity contribution in [2.45, 2.75) is 41.5 Å². The van der Waals surface area contributed by atoms with Crippen LogP contribution in [0.2, 0.25) is 0 Å². The lowest BCUT2D eigenvalue weighted by Crippen LogP contribution is -2.12. The zero-order valence-corrected chi connectivity index (χ0v) is 11.5. The van der Waals surface area contributed by atoms with Gasteiger partial charge in [0.15, 0.2) is 0 Å². The Morgan fingerprint density at radius 3 is 2.12 bits per heavy atom. The van der Waals surface area contributed by atoms with Gasteiger partial charge in [-0.1, -0.05) is 40.7 Å². The minimum absolute atomic E-state index is 0.213. The Hall–Kier alpha value is -0.790. The maximum Gasteiger partial charge on any atom is 0.333 e. The fraction of sp³-hybridized carbons (Fsp3) is 0.786. The van der Waals surface area contributed by atoms with Gasteiger partial charge >= 0.3 is 5.97 Å². The number of carbonyl (C=O) groups is 1. The van der Waals surface area contributed by atoms with Gasteiger partial charge in [0, 0.05) is 5.57 Å². The van der Waals surface area contributed by atoms with Crippen molar-refractivity contribution < 1.29 is 9.53 Å². The molecule has 0 aliphatic heterocycles. The molecule has 0 saturated heterocycles. The number of esters is 1. The Bertz CT molecular complexity index is 318. The maximum atomic E-state index is 11.4. The van der Waals surface area contributed by atoms with Crippen LogP contribution in [0.4, 0.5) is 0 Å². The minimum Gasteiger partial charge on any atom is -0.466 e. The molecule has 0 heterocycles. The molecule has 0 amide bonds. The number of hydrogen-bond donors (Lipinski definition) is 0. The number of methoxy groups -OCH3 is 1. The Morgan fingerprint density at radius 2 is 1.81 bits per heavy atom. The highest BCUT2D eigenvalue weighted by Crippen LogP contribution is 2.66. The molecular weight excluding hydrogens is 200 g/mol. The van der Waals surface area contributed by atoms with Crippen LogP contribution in [0.1, 0.15) is 41.5 Å². The van der Waals surface area contributed by atoms with Crippen molar-refractivity contribution in [1.29, 1.82) is 0 Å². The summed E-state index contributed by atoms with van der Waals surface area (Å²) in [5, 5.41) is 0.